The van der Waals surface area contributed by atoms with Gasteiger partial charge in [0.05, 0.1) is 0 Å². The van der Waals surface area contributed by atoms with Crippen LogP contribution in [0.3, 0.4) is 0 Å². The Hall–Kier alpha value is -0.600. The summed E-state index contributed by atoms with van der Waals surface area (Å²) in [6.07, 6.45) is 51.3. The zero-order chi connectivity index (χ0) is 30.3. The van der Waals surface area contributed by atoms with Gasteiger partial charge in [-0.05, 0) is 103 Å². The van der Waals surface area contributed by atoms with E-state index >= 15 is 0 Å². The lowest BCUT2D eigenvalue weighted by atomic mass is 10.1. The summed E-state index contributed by atoms with van der Waals surface area (Å²) in [7, 11) is 0. The molecule has 0 aromatic carbocycles. The third-order valence-corrected chi connectivity index (χ3v) is 8.69. The number of allylic oxidation sites excluding steroid dienone is 4. The minimum absolute atomic E-state index is 1.20. The summed E-state index contributed by atoms with van der Waals surface area (Å²) < 4.78 is 0. The molecule has 0 fully saturated rings. The van der Waals surface area contributed by atoms with Crippen molar-refractivity contribution < 1.29 is 0 Å². The lowest BCUT2D eigenvalue weighted by Gasteiger charge is -2.06. The van der Waals surface area contributed by atoms with E-state index in [-0.39, 0.29) is 0 Å². The van der Waals surface area contributed by atoms with Gasteiger partial charge in [0.2, 0.25) is 0 Å². The fourth-order valence-corrected chi connectivity index (χ4v) is 5.75. The van der Waals surface area contributed by atoms with Crippen LogP contribution in [0.4, 0.5) is 0 Å². The molecule has 0 amide bonds. The van der Waals surface area contributed by atoms with E-state index in [1.54, 1.807) is 0 Å². The van der Waals surface area contributed by atoms with Gasteiger partial charge in [-0.2, -0.15) is 0 Å². The number of nitrogens with one attached hydrogen (secondary N) is 2. The molecule has 0 spiro atoms. The van der Waals surface area contributed by atoms with Gasteiger partial charge in [0.1, 0.15) is 0 Å². The second-order valence-corrected chi connectivity index (χ2v) is 13.1. The highest BCUT2D eigenvalue weighted by Crippen LogP contribution is 2.11. The van der Waals surface area contributed by atoms with E-state index in [9.17, 15) is 0 Å². The van der Waals surface area contributed by atoms with Crippen molar-refractivity contribution >= 4 is 0 Å². The van der Waals surface area contributed by atoms with Crippen LogP contribution in [-0.4, -0.2) is 26.2 Å². The zero-order valence-corrected chi connectivity index (χ0v) is 29.4. The summed E-state index contributed by atoms with van der Waals surface area (Å²) in [5.41, 5.74) is 0. The molecule has 0 unspecified atom stereocenters. The maximum atomic E-state index is 3.65. The van der Waals surface area contributed by atoms with E-state index in [0.29, 0.717) is 0 Å². The largest absolute Gasteiger partial charge is 0.317 e. The van der Waals surface area contributed by atoms with Gasteiger partial charge >= 0.3 is 0 Å². The van der Waals surface area contributed by atoms with E-state index in [2.05, 4.69) is 48.8 Å². The minimum Gasteiger partial charge on any atom is -0.317 e. The first-order valence-electron chi connectivity index (χ1n) is 19.6. The third-order valence-electron chi connectivity index (χ3n) is 8.69. The Kier molecular flexibility index (Phi) is 39.8. The molecule has 2 N–H and O–H groups in total. The molecule has 0 aliphatic heterocycles. The van der Waals surface area contributed by atoms with Gasteiger partial charge in [0, 0.05) is 0 Å². The quantitative estimate of drug-likeness (QED) is 0.0557. The molecule has 0 saturated heterocycles. The molecule has 0 aliphatic carbocycles. The highest BCUT2D eigenvalue weighted by molar-refractivity contribution is 4.82. The van der Waals surface area contributed by atoms with Crippen LogP contribution in [0.2, 0.25) is 0 Å². The Balaban J connectivity index is 3.09. The van der Waals surface area contributed by atoms with Crippen LogP contribution in [0, 0.1) is 0 Å². The highest BCUT2D eigenvalue weighted by Gasteiger charge is 1.95. The molecule has 0 aliphatic rings. The SMILES string of the molecule is CCCCCCCCC=CCCCCCCCCNCCCCNCCCCCCCCC=CCCCCCCCC. The smallest absolute Gasteiger partial charge is 0.00484 e. The van der Waals surface area contributed by atoms with Crippen molar-refractivity contribution in [2.75, 3.05) is 26.2 Å². The summed E-state index contributed by atoms with van der Waals surface area (Å²) in [5.74, 6) is 0. The van der Waals surface area contributed by atoms with Crippen molar-refractivity contribution in [3.8, 4) is 0 Å². The molecule has 0 heterocycles. The molecule has 0 rings (SSSR count). The average molecular weight is 589 g/mol. The van der Waals surface area contributed by atoms with Crippen LogP contribution >= 0.6 is 0 Å². The maximum Gasteiger partial charge on any atom is -0.00484 e. The number of unbranched alkanes of at least 4 members (excludes halogenated alkanes) is 25. The van der Waals surface area contributed by atoms with E-state index in [0.717, 1.165) is 0 Å². The van der Waals surface area contributed by atoms with Crippen molar-refractivity contribution in [1.29, 1.82) is 0 Å². The third kappa shape index (κ3) is 39.4. The van der Waals surface area contributed by atoms with Gasteiger partial charge in [-0.25, -0.2) is 0 Å². The molecule has 0 aromatic heterocycles. The maximum absolute atomic E-state index is 3.65. The summed E-state index contributed by atoms with van der Waals surface area (Å²) in [4.78, 5) is 0. The van der Waals surface area contributed by atoms with Crippen LogP contribution in [0.1, 0.15) is 206 Å². The first-order chi connectivity index (χ1) is 20.9. The van der Waals surface area contributed by atoms with Crippen LogP contribution < -0.4 is 10.6 Å². The Labute approximate surface area is 267 Å². The van der Waals surface area contributed by atoms with E-state index in [1.807, 2.05) is 0 Å². The second kappa shape index (κ2) is 40.4. The highest BCUT2D eigenvalue weighted by atomic mass is 14.9. The standard InChI is InChI=1S/C40H80N2/c1-3-5-7-9-11-13-15-17-19-21-23-25-27-29-31-33-37-41-39-35-36-40-42-38-34-32-30-28-26-24-22-20-18-16-14-12-10-8-6-4-2/h17-20,41-42H,3-16,21-40H2,1-2H3. The van der Waals surface area contributed by atoms with Crippen LogP contribution in [-0.2, 0) is 0 Å². The van der Waals surface area contributed by atoms with Gasteiger partial charge in [-0.1, -0.05) is 154 Å². The van der Waals surface area contributed by atoms with Crippen molar-refractivity contribution in [3.05, 3.63) is 24.3 Å². The molecule has 2 nitrogen and oxygen atoms in total. The number of rotatable bonds is 37. The monoisotopic (exact) mass is 589 g/mol. The molecule has 2 heteroatoms. The Morgan fingerprint density at radius 2 is 0.476 bits per heavy atom. The minimum atomic E-state index is 1.20. The summed E-state index contributed by atoms with van der Waals surface area (Å²) in [5, 5.41) is 7.31. The first-order valence-corrected chi connectivity index (χ1v) is 19.6. The molecule has 0 aromatic rings. The van der Waals surface area contributed by atoms with Crippen molar-refractivity contribution in [2.24, 2.45) is 0 Å². The van der Waals surface area contributed by atoms with Crippen LogP contribution in [0.5, 0.6) is 0 Å². The second-order valence-electron chi connectivity index (χ2n) is 13.1. The predicted molar refractivity (Wildman–Crippen MR) is 194 cm³/mol. The van der Waals surface area contributed by atoms with Crippen molar-refractivity contribution in [2.45, 2.75) is 206 Å². The summed E-state index contributed by atoms with van der Waals surface area (Å²) in [6, 6.07) is 0. The molecule has 0 bridgehead atoms. The zero-order valence-electron chi connectivity index (χ0n) is 29.4. The fourth-order valence-electron chi connectivity index (χ4n) is 5.75. The predicted octanol–water partition coefficient (Wildman–Crippen LogP) is 13.0. The average Bonchev–Trinajstić information content (AvgIpc) is 3.00. The lowest BCUT2D eigenvalue weighted by Crippen LogP contribution is -2.20. The summed E-state index contributed by atoms with van der Waals surface area (Å²) in [6.45, 7) is 9.40. The Morgan fingerprint density at radius 3 is 0.762 bits per heavy atom. The Bertz CT molecular complexity index is 466. The van der Waals surface area contributed by atoms with Crippen LogP contribution in [0.25, 0.3) is 0 Å². The molecular weight excluding hydrogens is 508 g/mol. The fraction of sp³-hybridized carbons (Fsp3) is 0.900. The molecule has 0 saturated carbocycles. The first kappa shape index (κ1) is 41.4. The van der Waals surface area contributed by atoms with Crippen molar-refractivity contribution in [1.82, 2.24) is 10.6 Å². The molecular formula is C40H80N2. The van der Waals surface area contributed by atoms with Crippen molar-refractivity contribution in [3.63, 3.8) is 0 Å². The van der Waals surface area contributed by atoms with E-state index < -0.39 is 0 Å². The van der Waals surface area contributed by atoms with Gasteiger partial charge in [-0.15, -0.1) is 0 Å². The lowest BCUT2D eigenvalue weighted by molar-refractivity contribution is 0.534. The topological polar surface area (TPSA) is 24.1 Å². The molecule has 42 heavy (non-hydrogen) atoms. The Morgan fingerprint density at radius 1 is 0.262 bits per heavy atom. The van der Waals surface area contributed by atoms with Gasteiger partial charge < -0.3 is 10.6 Å². The molecule has 250 valence electrons. The van der Waals surface area contributed by atoms with Gasteiger partial charge in [-0.3, -0.25) is 0 Å². The molecule has 0 radical (unpaired) electrons. The van der Waals surface area contributed by atoms with E-state index in [4.69, 9.17) is 0 Å². The molecule has 0 atom stereocenters. The van der Waals surface area contributed by atoms with Gasteiger partial charge in [0.15, 0.2) is 0 Å². The normalized spacial score (nSPS) is 12.0. The van der Waals surface area contributed by atoms with Gasteiger partial charge in [0.25, 0.3) is 0 Å². The van der Waals surface area contributed by atoms with Crippen LogP contribution in [0.15, 0.2) is 24.3 Å². The van der Waals surface area contributed by atoms with E-state index in [1.165, 1.54) is 219 Å². The number of hydrogen-bond donors (Lipinski definition) is 2. The summed E-state index contributed by atoms with van der Waals surface area (Å²) >= 11 is 0. The number of hydrogen-bond acceptors (Lipinski definition) is 2.